The molecule has 0 saturated carbocycles. The van der Waals surface area contributed by atoms with E-state index < -0.39 is 21.7 Å². The van der Waals surface area contributed by atoms with Gasteiger partial charge in [0, 0.05) is 17.3 Å². The molecule has 0 fully saturated rings. The molecule has 2 aromatic rings. The maximum absolute atomic E-state index is 13.2. The molecule has 2 aromatic carbocycles. The highest BCUT2D eigenvalue weighted by Gasteiger charge is 2.22. The van der Waals surface area contributed by atoms with Gasteiger partial charge in [-0.25, -0.2) is 17.5 Å². The van der Waals surface area contributed by atoms with Crippen molar-refractivity contribution in [2.24, 2.45) is 0 Å². The fourth-order valence-electron chi connectivity index (χ4n) is 2.28. The van der Waals surface area contributed by atoms with E-state index in [0.717, 1.165) is 0 Å². The van der Waals surface area contributed by atoms with Crippen molar-refractivity contribution in [3.05, 3.63) is 53.8 Å². The summed E-state index contributed by atoms with van der Waals surface area (Å²) >= 11 is 0. The number of nitrogens with one attached hydrogen (secondary N) is 2. The van der Waals surface area contributed by atoms with Crippen molar-refractivity contribution >= 4 is 21.6 Å². The third-order valence-electron chi connectivity index (χ3n) is 3.27. The number of rotatable bonds is 7. The molecule has 0 atom stereocenters. The van der Waals surface area contributed by atoms with Crippen molar-refractivity contribution in [1.82, 2.24) is 4.72 Å². The molecule has 2 rings (SSSR count). The minimum atomic E-state index is -3.86. The topological polar surface area (TPSA) is 84.5 Å². The zero-order chi connectivity index (χ0) is 19.3. The Morgan fingerprint density at radius 1 is 1.19 bits per heavy atom. The molecule has 0 radical (unpaired) electrons. The number of benzene rings is 2. The fourth-order valence-corrected chi connectivity index (χ4v) is 3.70. The molecule has 140 valence electrons. The predicted molar refractivity (Wildman–Crippen MR) is 97.4 cm³/mol. The Kier molecular flexibility index (Phi) is 6.33. The lowest BCUT2D eigenvalue weighted by molar-refractivity contribution is 0.102. The van der Waals surface area contributed by atoms with Crippen molar-refractivity contribution in [2.45, 2.75) is 31.7 Å². The van der Waals surface area contributed by atoms with E-state index in [1.54, 1.807) is 20.8 Å². The fraction of sp³-hybridized carbons (Fsp3) is 0.278. The van der Waals surface area contributed by atoms with Crippen molar-refractivity contribution in [3.8, 4) is 5.75 Å². The lowest BCUT2D eigenvalue weighted by Crippen LogP contribution is -2.30. The molecule has 0 saturated heterocycles. The third-order valence-corrected chi connectivity index (χ3v) is 4.95. The normalized spacial score (nSPS) is 11.4. The molecule has 0 aliphatic rings. The van der Waals surface area contributed by atoms with E-state index in [1.807, 2.05) is 0 Å². The lowest BCUT2D eigenvalue weighted by Gasteiger charge is -2.15. The van der Waals surface area contributed by atoms with Gasteiger partial charge in [0.1, 0.15) is 16.5 Å². The monoisotopic (exact) mass is 380 g/mol. The highest BCUT2D eigenvalue weighted by molar-refractivity contribution is 7.89. The molecule has 1 amide bonds. The molecule has 0 aliphatic carbocycles. The number of sulfonamides is 1. The minimum absolute atomic E-state index is 0.113. The third kappa shape index (κ3) is 5.03. The molecule has 2 N–H and O–H groups in total. The number of carbonyl (C=O) groups excluding carboxylic acids is 1. The summed E-state index contributed by atoms with van der Waals surface area (Å²) in [5.41, 5.74) is 0.385. The van der Waals surface area contributed by atoms with Gasteiger partial charge < -0.3 is 10.1 Å². The zero-order valence-corrected chi connectivity index (χ0v) is 15.6. The van der Waals surface area contributed by atoms with Gasteiger partial charge in [0.05, 0.1) is 6.61 Å². The Hall–Kier alpha value is -2.45. The summed E-state index contributed by atoms with van der Waals surface area (Å²) in [6.45, 7) is 5.40. The molecule has 8 heteroatoms. The summed E-state index contributed by atoms with van der Waals surface area (Å²) in [6, 6.07) is 9.23. The molecule has 0 aliphatic heterocycles. The van der Waals surface area contributed by atoms with E-state index in [-0.39, 0.29) is 34.5 Å². The summed E-state index contributed by atoms with van der Waals surface area (Å²) in [6.07, 6.45) is 0. The first-order valence-corrected chi connectivity index (χ1v) is 9.57. The van der Waals surface area contributed by atoms with Gasteiger partial charge in [0.15, 0.2) is 0 Å². The van der Waals surface area contributed by atoms with Gasteiger partial charge in [0.25, 0.3) is 5.91 Å². The van der Waals surface area contributed by atoms with Gasteiger partial charge in [-0.15, -0.1) is 0 Å². The highest BCUT2D eigenvalue weighted by atomic mass is 32.2. The van der Waals surface area contributed by atoms with Gasteiger partial charge in [-0.2, -0.15) is 0 Å². The highest BCUT2D eigenvalue weighted by Crippen LogP contribution is 2.26. The van der Waals surface area contributed by atoms with Crippen LogP contribution in [-0.4, -0.2) is 27.0 Å². The zero-order valence-electron chi connectivity index (χ0n) is 14.7. The van der Waals surface area contributed by atoms with Crippen LogP contribution in [0.2, 0.25) is 0 Å². The Balaban J connectivity index is 2.38. The van der Waals surface area contributed by atoms with E-state index >= 15 is 0 Å². The SMILES string of the molecule is CCOc1ccc(C(=O)Nc2cccc(F)c2)cc1S(=O)(=O)NC(C)C. The van der Waals surface area contributed by atoms with Crippen LogP contribution in [0.3, 0.4) is 0 Å². The van der Waals surface area contributed by atoms with E-state index in [9.17, 15) is 17.6 Å². The van der Waals surface area contributed by atoms with Crippen molar-refractivity contribution < 1.29 is 22.3 Å². The maximum atomic E-state index is 13.2. The first-order chi connectivity index (χ1) is 12.2. The average molecular weight is 380 g/mol. The van der Waals surface area contributed by atoms with Gasteiger partial charge in [-0.1, -0.05) is 6.07 Å². The van der Waals surface area contributed by atoms with Crippen molar-refractivity contribution in [1.29, 1.82) is 0 Å². The number of carbonyl (C=O) groups is 1. The number of amides is 1. The van der Waals surface area contributed by atoms with Crippen LogP contribution in [0.1, 0.15) is 31.1 Å². The summed E-state index contributed by atoms with van der Waals surface area (Å²) in [5.74, 6) is -0.888. The molecule has 6 nitrogen and oxygen atoms in total. The van der Waals surface area contributed by atoms with Crippen LogP contribution in [0.5, 0.6) is 5.75 Å². The first kappa shape index (κ1) is 19.9. The Morgan fingerprint density at radius 3 is 2.54 bits per heavy atom. The number of anilines is 1. The van der Waals surface area contributed by atoms with E-state index in [1.165, 1.54) is 42.5 Å². The summed E-state index contributed by atoms with van der Waals surface area (Å²) < 4.78 is 46.2. The number of halogens is 1. The second-order valence-electron chi connectivity index (χ2n) is 5.83. The summed E-state index contributed by atoms with van der Waals surface area (Å²) in [7, 11) is -3.86. The van der Waals surface area contributed by atoms with Crippen LogP contribution >= 0.6 is 0 Å². The van der Waals surface area contributed by atoms with Crippen LogP contribution in [0.25, 0.3) is 0 Å². The van der Waals surface area contributed by atoms with Gasteiger partial charge in [-0.05, 0) is 57.2 Å². The summed E-state index contributed by atoms with van der Waals surface area (Å²) in [5, 5.41) is 2.53. The molecule has 0 aromatic heterocycles. The molecule has 0 spiro atoms. The second kappa shape index (κ2) is 8.29. The number of ether oxygens (including phenoxy) is 1. The van der Waals surface area contributed by atoms with Crippen molar-refractivity contribution in [3.63, 3.8) is 0 Å². The standard InChI is InChI=1S/C18H21FN2O4S/c1-4-25-16-9-8-13(10-17(16)26(23,24)21-12(2)3)18(22)20-15-7-5-6-14(19)11-15/h5-12,21H,4H2,1-3H3,(H,20,22). The van der Waals surface area contributed by atoms with Crippen LogP contribution in [0, 0.1) is 5.82 Å². The quantitative estimate of drug-likeness (QED) is 0.773. The average Bonchev–Trinajstić information content (AvgIpc) is 2.54. The largest absolute Gasteiger partial charge is 0.492 e. The molecule has 0 unspecified atom stereocenters. The molecule has 26 heavy (non-hydrogen) atoms. The van der Waals surface area contributed by atoms with Crippen LogP contribution < -0.4 is 14.8 Å². The van der Waals surface area contributed by atoms with Crippen LogP contribution in [0.15, 0.2) is 47.4 Å². The van der Waals surface area contributed by atoms with E-state index in [0.29, 0.717) is 0 Å². The first-order valence-electron chi connectivity index (χ1n) is 8.09. The minimum Gasteiger partial charge on any atom is -0.492 e. The van der Waals surface area contributed by atoms with Crippen molar-refractivity contribution in [2.75, 3.05) is 11.9 Å². The molecular weight excluding hydrogens is 359 g/mol. The maximum Gasteiger partial charge on any atom is 0.255 e. The van der Waals surface area contributed by atoms with E-state index in [4.69, 9.17) is 4.74 Å². The molecule has 0 heterocycles. The lowest BCUT2D eigenvalue weighted by atomic mass is 10.2. The van der Waals surface area contributed by atoms with Crippen LogP contribution in [0.4, 0.5) is 10.1 Å². The number of hydrogen-bond donors (Lipinski definition) is 2. The van der Waals surface area contributed by atoms with Gasteiger partial charge in [-0.3, -0.25) is 4.79 Å². The molecular formula is C18H21FN2O4S. The number of hydrogen-bond acceptors (Lipinski definition) is 4. The Labute approximate surface area is 152 Å². The van der Waals surface area contributed by atoms with E-state index in [2.05, 4.69) is 10.0 Å². The smallest absolute Gasteiger partial charge is 0.255 e. The second-order valence-corrected chi connectivity index (χ2v) is 7.52. The summed E-state index contributed by atoms with van der Waals surface area (Å²) in [4.78, 5) is 12.3. The van der Waals surface area contributed by atoms with Crippen LogP contribution in [-0.2, 0) is 10.0 Å². The van der Waals surface area contributed by atoms with Gasteiger partial charge >= 0.3 is 0 Å². The van der Waals surface area contributed by atoms with Gasteiger partial charge in [0.2, 0.25) is 10.0 Å². The molecule has 0 bridgehead atoms. The predicted octanol–water partition coefficient (Wildman–Crippen LogP) is 3.16. The Bertz CT molecular complexity index is 898. The Morgan fingerprint density at radius 2 is 1.92 bits per heavy atom.